The van der Waals surface area contributed by atoms with Crippen molar-refractivity contribution in [3.05, 3.63) is 35.9 Å². The summed E-state index contributed by atoms with van der Waals surface area (Å²) in [7, 11) is 0. The molecule has 0 saturated carbocycles. The lowest BCUT2D eigenvalue weighted by Crippen LogP contribution is -2.17. The number of rotatable bonds is 5. The van der Waals surface area contributed by atoms with Gasteiger partial charge < -0.3 is 0 Å². The van der Waals surface area contributed by atoms with Crippen molar-refractivity contribution in [1.82, 2.24) is 5.43 Å². The maximum absolute atomic E-state index is 11.3. The second-order valence-electron chi connectivity index (χ2n) is 3.24. The zero-order valence-electron chi connectivity index (χ0n) is 8.94. The van der Waals surface area contributed by atoms with E-state index in [-0.39, 0.29) is 5.91 Å². The van der Waals surface area contributed by atoms with Crippen LogP contribution in [0.2, 0.25) is 0 Å². The van der Waals surface area contributed by atoms with Crippen LogP contribution in [0.3, 0.4) is 0 Å². The summed E-state index contributed by atoms with van der Waals surface area (Å²) in [6.07, 6.45) is 3.75. The quantitative estimate of drug-likeness (QED) is 0.579. The minimum Gasteiger partial charge on any atom is -0.273 e. The van der Waals surface area contributed by atoms with Crippen molar-refractivity contribution in [2.75, 3.05) is 0 Å². The maximum atomic E-state index is 11.3. The molecule has 80 valence electrons. The standard InChI is InChI=1S/C12H16N2O/c1-2-10-13-14-12(15)9-8-11-6-4-3-5-7-11/h3-7,10H,2,8-9H2,1H3,(H,14,15)/b13-10-. The van der Waals surface area contributed by atoms with E-state index in [0.29, 0.717) is 6.42 Å². The third kappa shape index (κ3) is 4.96. The number of aryl methyl sites for hydroxylation is 1. The molecule has 0 aliphatic rings. The summed E-state index contributed by atoms with van der Waals surface area (Å²) in [6, 6.07) is 9.95. The highest BCUT2D eigenvalue weighted by atomic mass is 16.2. The highest BCUT2D eigenvalue weighted by Gasteiger charge is 1.99. The van der Waals surface area contributed by atoms with E-state index < -0.39 is 0 Å². The Morgan fingerprint density at radius 2 is 2.13 bits per heavy atom. The van der Waals surface area contributed by atoms with Crippen LogP contribution < -0.4 is 5.43 Å². The third-order valence-corrected chi connectivity index (χ3v) is 1.95. The van der Waals surface area contributed by atoms with E-state index >= 15 is 0 Å². The van der Waals surface area contributed by atoms with Gasteiger partial charge in [0, 0.05) is 12.6 Å². The molecule has 3 heteroatoms. The minimum absolute atomic E-state index is 0.0384. The molecule has 0 radical (unpaired) electrons. The first-order valence-corrected chi connectivity index (χ1v) is 5.17. The molecular formula is C12H16N2O. The molecule has 1 rings (SSSR count). The fourth-order valence-electron chi connectivity index (χ4n) is 1.17. The van der Waals surface area contributed by atoms with Crippen LogP contribution in [0.4, 0.5) is 0 Å². The largest absolute Gasteiger partial charge is 0.273 e. The molecular weight excluding hydrogens is 188 g/mol. The second-order valence-corrected chi connectivity index (χ2v) is 3.24. The summed E-state index contributed by atoms with van der Waals surface area (Å²) in [4.78, 5) is 11.3. The molecule has 0 spiro atoms. The molecule has 0 bridgehead atoms. The van der Waals surface area contributed by atoms with Gasteiger partial charge in [0.2, 0.25) is 5.91 Å². The van der Waals surface area contributed by atoms with Crippen molar-refractivity contribution < 1.29 is 4.79 Å². The van der Waals surface area contributed by atoms with Crippen LogP contribution in [0.25, 0.3) is 0 Å². The van der Waals surface area contributed by atoms with Gasteiger partial charge in [0.1, 0.15) is 0 Å². The highest BCUT2D eigenvalue weighted by Crippen LogP contribution is 2.01. The number of carbonyl (C=O) groups excluding carboxylic acids is 1. The molecule has 0 atom stereocenters. The van der Waals surface area contributed by atoms with E-state index in [2.05, 4.69) is 10.5 Å². The Kier molecular flexibility index (Phi) is 5.15. The number of carbonyl (C=O) groups is 1. The predicted molar refractivity (Wildman–Crippen MR) is 61.7 cm³/mol. The molecule has 3 nitrogen and oxygen atoms in total. The average molecular weight is 204 g/mol. The van der Waals surface area contributed by atoms with Gasteiger partial charge in [0.15, 0.2) is 0 Å². The number of hydrazone groups is 1. The number of benzene rings is 1. The minimum atomic E-state index is -0.0384. The first-order valence-electron chi connectivity index (χ1n) is 5.17. The van der Waals surface area contributed by atoms with E-state index in [1.165, 1.54) is 5.56 Å². The van der Waals surface area contributed by atoms with Gasteiger partial charge in [-0.2, -0.15) is 5.10 Å². The molecule has 0 saturated heterocycles. The van der Waals surface area contributed by atoms with Crippen LogP contribution >= 0.6 is 0 Å². The first kappa shape index (κ1) is 11.4. The Bertz CT molecular complexity index is 320. The van der Waals surface area contributed by atoms with Crippen LogP contribution in [0.5, 0.6) is 0 Å². The predicted octanol–water partition coefficient (Wildman–Crippen LogP) is 2.13. The maximum Gasteiger partial charge on any atom is 0.240 e. The van der Waals surface area contributed by atoms with Crippen molar-refractivity contribution in [2.24, 2.45) is 5.10 Å². The van der Waals surface area contributed by atoms with Gasteiger partial charge >= 0.3 is 0 Å². The number of nitrogens with one attached hydrogen (secondary N) is 1. The van der Waals surface area contributed by atoms with Crippen molar-refractivity contribution in [2.45, 2.75) is 26.2 Å². The Morgan fingerprint density at radius 1 is 1.40 bits per heavy atom. The summed E-state index contributed by atoms with van der Waals surface area (Å²) in [5.74, 6) is -0.0384. The van der Waals surface area contributed by atoms with Gasteiger partial charge in [-0.3, -0.25) is 4.79 Å². The van der Waals surface area contributed by atoms with Crippen LogP contribution in [-0.4, -0.2) is 12.1 Å². The Labute approximate surface area is 90.2 Å². The molecule has 1 N–H and O–H groups in total. The van der Waals surface area contributed by atoms with E-state index in [9.17, 15) is 4.79 Å². The number of amides is 1. The summed E-state index contributed by atoms with van der Waals surface area (Å²) in [5.41, 5.74) is 3.66. The van der Waals surface area contributed by atoms with Gasteiger partial charge in [0.05, 0.1) is 0 Å². The normalized spacial score (nSPS) is 10.5. The third-order valence-electron chi connectivity index (χ3n) is 1.95. The SMILES string of the molecule is CC/C=N\NC(=O)CCc1ccccc1. The highest BCUT2D eigenvalue weighted by molar-refractivity contribution is 5.76. The Hall–Kier alpha value is -1.64. The summed E-state index contributed by atoms with van der Waals surface area (Å²) >= 11 is 0. The Morgan fingerprint density at radius 3 is 2.80 bits per heavy atom. The van der Waals surface area contributed by atoms with Gasteiger partial charge in [-0.05, 0) is 18.4 Å². The lowest BCUT2D eigenvalue weighted by atomic mass is 10.1. The molecule has 0 aromatic heterocycles. The first-order chi connectivity index (χ1) is 7.33. The Balaban J connectivity index is 2.26. The molecule has 0 aliphatic carbocycles. The monoisotopic (exact) mass is 204 g/mol. The van der Waals surface area contributed by atoms with Crippen LogP contribution in [0.15, 0.2) is 35.4 Å². The molecule has 0 unspecified atom stereocenters. The zero-order valence-corrected chi connectivity index (χ0v) is 8.94. The second kappa shape index (κ2) is 6.76. The fraction of sp³-hybridized carbons (Fsp3) is 0.333. The fourth-order valence-corrected chi connectivity index (χ4v) is 1.17. The van der Waals surface area contributed by atoms with Crippen molar-refractivity contribution >= 4 is 12.1 Å². The van der Waals surface area contributed by atoms with E-state index in [4.69, 9.17) is 0 Å². The lowest BCUT2D eigenvalue weighted by molar-refractivity contribution is -0.121. The summed E-state index contributed by atoms with van der Waals surface area (Å²) < 4.78 is 0. The average Bonchev–Trinajstić information content (AvgIpc) is 2.28. The molecule has 0 aliphatic heterocycles. The van der Waals surface area contributed by atoms with Crippen molar-refractivity contribution in [3.8, 4) is 0 Å². The molecule has 1 amide bonds. The topological polar surface area (TPSA) is 41.5 Å². The van der Waals surface area contributed by atoms with Crippen LogP contribution in [-0.2, 0) is 11.2 Å². The van der Waals surface area contributed by atoms with E-state index in [0.717, 1.165) is 12.8 Å². The molecule has 15 heavy (non-hydrogen) atoms. The van der Waals surface area contributed by atoms with E-state index in [1.807, 2.05) is 37.3 Å². The molecule has 0 fully saturated rings. The van der Waals surface area contributed by atoms with E-state index in [1.54, 1.807) is 6.21 Å². The molecule has 1 aromatic rings. The van der Waals surface area contributed by atoms with Crippen LogP contribution in [0.1, 0.15) is 25.3 Å². The van der Waals surface area contributed by atoms with Gasteiger partial charge in [0.25, 0.3) is 0 Å². The smallest absolute Gasteiger partial charge is 0.240 e. The number of hydrogen-bond donors (Lipinski definition) is 1. The van der Waals surface area contributed by atoms with Gasteiger partial charge in [-0.1, -0.05) is 37.3 Å². The lowest BCUT2D eigenvalue weighted by Gasteiger charge is -2.00. The number of nitrogens with zero attached hydrogens (tertiary/aromatic N) is 1. The van der Waals surface area contributed by atoms with Crippen molar-refractivity contribution in [1.29, 1.82) is 0 Å². The van der Waals surface area contributed by atoms with Crippen molar-refractivity contribution in [3.63, 3.8) is 0 Å². The number of hydrogen-bond acceptors (Lipinski definition) is 2. The zero-order chi connectivity index (χ0) is 10.9. The van der Waals surface area contributed by atoms with Gasteiger partial charge in [-0.15, -0.1) is 0 Å². The molecule has 0 heterocycles. The summed E-state index contributed by atoms with van der Waals surface area (Å²) in [6.45, 7) is 1.97. The summed E-state index contributed by atoms with van der Waals surface area (Å²) in [5, 5.41) is 3.78. The van der Waals surface area contributed by atoms with Gasteiger partial charge in [-0.25, -0.2) is 5.43 Å². The molecule has 1 aromatic carbocycles. The van der Waals surface area contributed by atoms with Crippen LogP contribution in [0, 0.1) is 0 Å².